The standard InChI is InChI=1S/C30H30F3N3O6S/c1-4-40-28(37)19-36(43(38,39)35(3)25-10-6-5-7-11-25)18-22-9-8-12-26(17-22)41-20-27-21(2)42-29(34-27)23-13-15-24(16-14-23)30(31,32)33/h5-17H,4,18-20H2,1-3H3. The van der Waals surface area contributed by atoms with Crippen LogP contribution in [0.3, 0.4) is 0 Å². The van der Waals surface area contributed by atoms with Gasteiger partial charge in [-0.15, -0.1) is 0 Å². The van der Waals surface area contributed by atoms with E-state index in [9.17, 15) is 26.4 Å². The number of benzene rings is 3. The second kappa shape index (κ2) is 13.3. The van der Waals surface area contributed by atoms with Gasteiger partial charge in [-0.1, -0.05) is 30.3 Å². The van der Waals surface area contributed by atoms with Gasteiger partial charge in [0.2, 0.25) is 5.89 Å². The van der Waals surface area contributed by atoms with Crippen molar-refractivity contribution in [1.29, 1.82) is 0 Å². The molecule has 9 nitrogen and oxygen atoms in total. The fourth-order valence-electron chi connectivity index (χ4n) is 4.09. The van der Waals surface area contributed by atoms with Crippen LogP contribution in [0.25, 0.3) is 11.5 Å². The van der Waals surface area contributed by atoms with Crippen molar-refractivity contribution in [2.24, 2.45) is 0 Å². The number of carbonyl (C=O) groups is 1. The number of nitrogens with zero attached hydrogens (tertiary/aromatic N) is 3. The summed E-state index contributed by atoms with van der Waals surface area (Å²) in [5, 5.41) is 0. The van der Waals surface area contributed by atoms with Crippen molar-refractivity contribution < 1.29 is 40.3 Å². The van der Waals surface area contributed by atoms with E-state index in [1.165, 1.54) is 19.2 Å². The van der Waals surface area contributed by atoms with E-state index in [1.54, 1.807) is 68.4 Å². The minimum Gasteiger partial charge on any atom is -0.487 e. The normalized spacial score (nSPS) is 11.9. The maximum Gasteiger partial charge on any atom is 0.416 e. The maximum atomic E-state index is 13.5. The zero-order chi connectivity index (χ0) is 31.2. The lowest BCUT2D eigenvalue weighted by atomic mass is 10.1. The van der Waals surface area contributed by atoms with Gasteiger partial charge in [0, 0.05) is 19.2 Å². The molecular weight excluding hydrogens is 587 g/mol. The third kappa shape index (κ3) is 7.93. The number of anilines is 1. The summed E-state index contributed by atoms with van der Waals surface area (Å²) in [6.07, 6.45) is -4.45. The maximum absolute atomic E-state index is 13.5. The lowest BCUT2D eigenvalue weighted by molar-refractivity contribution is -0.143. The first kappa shape index (κ1) is 31.6. The molecule has 1 heterocycles. The van der Waals surface area contributed by atoms with Gasteiger partial charge in [0.15, 0.2) is 0 Å². The Balaban J connectivity index is 1.49. The van der Waals surface area contributed by atoms with E-state index in [2.05, 4.69) is 4.98 Å². The quantitative estimate of drug-likeness (QED) is 0.180. The Morgan fingerprint density at radius 1 is 1.00 bits per heavy atom. The summed E-state index contributed by atoms with van der Waals surface area (Å²) in [6.45, 7) is 2.75. The smallest absolute Gasteiger partial charge is 0.416 e. The molecule has 0 fully saturated rings. The lowest BCUT2D eigenvalue weighted by Gasteiger charge is -2.28. The molecule has 0 atom stereocenters. The number of alkyl halides is 3. The molecule has 0 N–H and O–H groups in total. The second-order valence-corrected chi connectivity index (χ2v) is 11.4. The highest BCUT2D eigenvalue weighted by atomic mass is 32.2. The van der Waals surface area contributed by atoms with Crippen molar-refractivity contribution in [2.75, 3.05) is 24.5 Å². The number of ether oxygens (including phenoxy) is 2. The van der Waals surface area contributed by atoms with Crippen LogP contribution in [0.15, 0.2) is 83.3 Å². The Kier molecular flexibility index (Phi) is 9.77. The molecule has 228 valence electrons. The first-order valence-corrected chi connectivity index (χ1v) is 14.6. The van der Waals surface area contributed by atoms with Crippen LogP contribution in [0.2, 0.25) is 0 Å². The molecule has 0 saturated heterocycles. The van der Waals surface area contributed by atoms with Crippen molar-refractivity contribution in [2.45, 2.75) is 33.2 Å². The van der Waals surface area contributed by atoms with Gasteiger partial charge in [0.05, 0.1) is 17.9 Å². The van der Waals surface area contributed by atoms with E-state index in [1.807, 2.05) is 0 Å². The van der Waals surface area contributed by atoms with Gasteiger partial charge in [0.1, 0.15) is 30.4 Å². The Labute approximate surface area is 247 Å². The Morgan fingerprint density at radius 2 is 1.70 bits per heavy atom. The molecule has 4 aromatic rings. The fourth-order valence-corrected chi connectivity index (χ4v) is 5.41. The molecule has 3 aromatic carbocycles. The molecule has 0 saturated carbocycles. The number of hydrogen-bond donors (Lipinski definition) is 0. The number of carbonyl (C=O) groups excluding carboxylic acids is 1. The minimum atomic E-state index is -4.45. The first-order valence-electron chi connectivity index (χ1n) is 13.2. The van der Waals surface area contributed by atoms with Crippen molar-refractivity contribution in [3.8, 4) is 17.2 Å². The van der Waals surface area contributed by atoms with Gasteiger partial charge in [-0.25, -0.2) is 4.98 Å². The van der Waals surface area contributed by atoms with Crippen LogP contribution in [0.5, 0.6) is 5.75 Å². The fraction of sp³-hybridized carbons (Fsp3) is 0.267. The molecule has 0 aliphatic heterocycles. The molecule has 0 aliphatic rings. The van der Waals surface area contributed by atoms with Gasteiger partial charge in [-0.2, -0.15) is 25.9 Å². The van der Waals surface area contributed by atoms with Crippen LogP contribution in [0, 0.1) is 6.92 Å². The van der Waals surface area contributed by atoms with Crippen molar-refractivity contribution in [3.63, 3.8) is 0 Å². The largest absolute Gasteiger partial charge is 0.487 e. The summed E-state index contributed by atoms with van der Waals surface area (Å²) in [6, 6.07) is 19.7. The van der Waals surface area contributed by atoms with Crippen LogP contribution in [-0.4, -0.2) is 43.9 Å². The molecule has 0 bridgehead atoms. The van der Waals surface area contributed by atoms with Gasteiger partial charge in [0.25, 0.3) is 0 Å². The van der Waals surface area contributed by atoms with E-state index in [-0.39, 0.29) is 25.6 Å². The summed E-state index contributed by atoms with van der Waals surface area (Å²) < 4.78 is 84.4. The van der Waals surface area contributed by atoms with Crippen molar-refractivity contribution >= 4 is 21.9 Å². The molecule has 4 rings (SSSR count). The van der Waals surface area contributed by atoms with Crippen LogP contribution in [-0.2, 0) is 39.1 Å². The molecule has 0 unspecified atom stereocenters. The third-order valence-corrected chi connectivity index (χ3v) is 8.20. The van der Waals surface area contributed by atoms with Gasteiger partial charge < -0.3 is 13.9 Å². The lowest BCUT2D eigenvalue weighted by Crippen LogP contribution is -2.44. The number of oxazole rings is 1. The molecule has 0 aliphatic carbocycles. The predicted octanol–water partition coefficient (Wildman–Crippen LogP) is 5.99. The first-order chi connectivity index (χ1) is 20.4. The third-order valence-electron chi connectivity index (χ3n) is 6.39. The summed E-state index contributed by atoms with van der Waals surface area (Å²) in [4.78, 5) is 16.7. The average Bonchev–Trinajstić information content (AvgIpc) is 3.36. The summed E-state index contributed by atoms with van der Waals surface area (Å²) >= 11 is 0. The van der Waals surface area contributed by atoms with E-state index >= 15 is 0 Å². The highest BCUT2D eigenvalue weighted by Gasteiger charge is 2.31. The Morgan fingerprint density at radius 3 is 2.35 bits per heavy atom. The molecule has 1 aromatic heterocycles. The number of aromatic nitrogens is 1. The number of rotatable bonds is 12. The molecule has 43 heavy (non-hydrogen) atoms. The van der Waals surface area contributed by atoms with Gasteiger partial charge in [-0.3, -0.25) is 9.10 Å². The number of aryl methyl sites for hydroxylation is 1. The topological polar surface area (TPSA) is 102 Å². The van der Waals surface area contributed by atoms with Crippen LogP contribution < -0.4 is 9.04 Å². The molecular formula is C30H30F3N3O6S. The summed E-state index contributed by atoms with van der Waals surface area (Å²) in [5.41, 5.74) is 1.02. The summed E-state index contributed by atoms with van der Waals surface area (Å²) in [5.74, 6) is 0.300. The van der Waals surface area contributed by atoms with Crippen LogP contribution in [0.1, 0.15) is 29.5 Å². The highest BCUT2D eigenvalue weighted by molar-refractivity contribution is 7.90. The molecule has 13 heteroatoms. The van der Waals surface area contributed by atoms with Crippen LogP contribution >= 0.6 is 0 Å². The molecule has 0 amide bonds. The Hall–Kier alpha value is -4.36. The van der Waals surface area contributed by atoms with E-state index < -0.39 is 34.5 Å². The average molecular weight is 618 g/mol. The van der Waals surface area contributed by atoms with Crippen molar-refractivity contribution in [3.05, 3.63) is 101 Å². The highest BCUT2D eigenvalue weighted by Crippen LogP contribution is 2.31. The minimum absolute atomic E-state index is 0.0129. The summed E-state index contributed by atoms with van der Waals surface area (Å²) in [7, 11) is -2.73. The Bertz CT molecular complexity index is 1640. The SMILES string of the molecule is CCOC(=O)CN(Cc1cccc(OCc2nc(-c3ccc(C(F)(F)F)cc3)oc2C)c1)S(=O)(=O)N(C)c1ccccc1. The number of hydrogen-bond acceptors (Lipinski definition) is 7. The van der Waals surface area contributed by atoms with E-state index in [4.69, 9.17) is 13.9 Å². The van der Waals surface area contributed by atoms with E-state index in [0.717, 1.165) is 20.7 Å². The predicted molar refractivity (Wildman–Crippen MR) is 153 cm³/mol. The number of esters is 1. The van der Waals surface area contributed by atoms with Crippen LogP contribution in [0.4, 0.5) is 18.9 Å². The van der Waals surface area contributed by atoms with E-state index in [0.29, 0.717) is 34.0 Å². The number of halogens is 3. The molecule has 0 radical (unpaired) electrons. The second-order valence-electron chi connectivity index (χ2n) is 9.42. The van der Waals surface area contributed by atoms with Crippen molar-refractivity contribution in [1.82, 2.24) is 9.29 Å². The zero-order valence-corrected chi connectivity index (χ0v) is 24.5. The zero-order valence-electron chi connectivity index (χ0n) is 23.7. The van der Waals surface area contributed by atoms with Gasteiger partial charge in [-0.05, 0) is 67.9 Å². The molecule has 0 spiro atoms. The van der Waals surface area contributed by atoms with Gasteiger partial charge >= 0.3 is 22.4 Å². The number of para-hydroxylation sites is 1. The monoisotopic (exact) mass is 617 g/mol.